The summed E-state index contributed by atoms with van der Waals surface area (Å²) in [5.41, 5.74) is 2.93. The number of nitrogens with one attached hydrogen (secondary N) is 1. The molecule has 1 N–H and O–H groups in total. The molecule has 1 aromatic carbocycles. The van der Waals surface area contributed by atoms with Crippen molar-refractivity contribution in [2.75, 3.05) is 0 Å². The molecule has 0 bridgehead atoms. The number of aromatic nitrogens is 1. The summed E-state index contributed by atoms with van der Waals surface area (Å²) in [4.78, 5) is 28.7. The Morgan fingerprint density at radius 3 is 2.70 bits per heavy atom. The molecule has 1 amide bonds. The molecule has 3 rings (SSSR count). The number of esters is 1. The highest BCUT2D eigenvalue weighted by Gasteiger charge is 2.27. The van der Waals surface area contributed by atoms with E-state index in [2.05, 4.69) is 10.3 Å². The van der Waals surface area contributed by atoms with E-state index in [4.69, 9.17) is 4.74 Å². The van der Waals surface area contributed by atoms with E-state index >= 15 is 0 Å². The van der Waals surface area contributed by atoms with Crippen LogP contribution in [0.3, 0.4) is 0 Å². The number of hydrogen-bond donors (Lipinski definition) is 1. The average Bonchev–Trinajstić information content (AvgIpc) is 3.30. The van der Waals surface area contributed by atoms with E-state index in [0.29, 0.717) is 11.3 Å². The lowest BCUT2D eigenvalue weighted by molar-refractivity contribution is -0.129. The van der Waals surface area contributed by atoms with Crippen LogP contribution in [-0.2, 0) is 9.53 Å². The number of hydrogen-bond acceptors (Lipinski definition) is 4. The van der Waals surface area contributed by atoms with Crippen LogP contribution in [0.5, 0.6) is 0 Å². The van der Waals surface area contributed by atoms with Crippen LogP contribution < -0.4 is 5.32 Å². The van der Waals surface area contributed by atoms with Gasteiger partial charge in [-0.3, -0.25) is 9.78 Å². The van der Waals surface area contributed by atoms with E-state index in [1.54, 1.807) is 19.9 Å². The van der Waals surface area contributed by atoms with Gasteiger partial charge in [0.1, 0.15) is 0 Å². The third kappa shape index (κ3) is 3.50. The van der Waals surface area contributed by atoms with Crippen molar-refractivity contribution in [3.8, 4) is 0 Å². The average molecular weight is 312 g/mol. The first-order chi connectivity index (χ1) is 10.9. The lowest BCUT2D eigenvalue weighted by atomic mass is 10.1. The van der Waals surface area contributed by atoms with Gasteiger partial charge in [-0.15, -0.1) is 0 Å². The van der Waals surface area contributed by atoms with Gasteiger partial charge in [-0.05, 0) is 51.8 Å². The minimum atomic E-state index is -0.810. The molecule has 5 nitrogen and oxygen atoms in total. The fraction of sp³-hybridized carbons (Fsp3) is 0.389. The highest BCUT2D eigenvalue weighted by Crippen LogP contribution is 2.20. The van der Waals surface area contributed by atoms with Gasteiger partial charge in [0, 0.05) is 11.4 Å². The smallest absolute Gasteiger partial charge is 0.340 e. The van der Waals surface area contributed by atoms with Crippen molar-refractivity contribution in [1.82, 2.24) is 10.3 Å². The summed E-state index contributed by atoms with van der Waals surface area (Å²) >= 11 is 0. The zero-order valence-electron chi connectivity index (χ0n) is 13.6. The summed E-state index contributed by atoms with van der Waals surface area (Å²) < 4.78 is 5.30. The lowest BCUT2D eigenvalue weighted by Crippen LogP contribution is -2.37. The van der Waals surface area contributed by atoms with Crippen molar-refractivity contribution < 1.29 is 14.3 Å². The molecule has 0 saturated heterocycles. The highest BCUT2D eigenvalue weighted by molar-refractivity contribution is 5.96. The van der Waals surface area contributed by atoms with Gasteiger partial charge in [-0.1, -0.05) is 11.6 Å². The van der Waals surface area contributed by atoms with Gasteiger partial charge in [0.15, 0.2) is 6.10 Å². The summed E-state index contributed by atoms with van der Waals surface area (Å²) in [7, 11) is 0. The normalized spacial score (nSPS) is 15.3. The van der Waals surface area contributed by atoms with Crippen LogP contribution in [-0.4, -0.2) is 29.0 Å². The number of benzene rings is 1. The number of amides is 1. The highest BCUT2D eigenvalue weighted by atomic mass is 16.5. The molecule has 1 aliphatic rings. The second-order valence-electron chi connectivity index (χ2n) is 6.15. The van der Waals surface area contributed by atoms with Crippen LogP contribution in [0, 0.1) is 13.8 Å². The second-order valence-corrected chi connectivity index (χ2v) is 6.15. The Morgan fingerprint density at radius 2 is 2.00 bits per heavy atom. The van der Waals surface area contributed by atoms with Crippen molar-refractivity contribution in [3.63, 3.8) is 0 Å². The number of pyridine rings is 1. The van der Waals surface area contributed by atoms with Crippen LogP contribution in [0.4, 0.5) is 0 Å². The first kappa shape index (κ1) is 15.5. The summed E-state index contributed by atoms with van der Waals surface area (Å²) in [6, 6.07) is 7.91. The Hall–Kier alpha value is -2.43. The topological polar surface area (TPSA) is 68.3 Å². The van der Waals surface area contributed by atoms with Crippen molar-refractivity contribution in [2.24, 2.45) is 0 Å². The van der Waals surface area contributed by atoms with Gasteiger partial charge in [0.25, 0.3) is 5.91 Å². The Labute approximate surface area is 135 Å². The monoisotopic (exact) mass is 312 g/mol. The van der Waals surface area contributed by atoms with Crippen molar-refractivity contribution in [3.05, 3.63) is 41.1 Å². The molecule has 0 aliphatic heterocycles. The molecule has 2 aromatic rings. The minimum absolute atomic E-state index is 0.246. The number of aryl methyl sites for hydroxylation is 2. The van der Waals surface area contributed by atoms with Crippen LogP contribution in [0.2, 0.25) is 0 Å². The molecule has 5 heteroatoms. The maximum atomic E-state index is 12.4. The summed E-state index contributed by atoms with van der Waals surface area (Å²) in [6.07, 6.45) is 1.19. The Bertz CT molecular complexity index is 781. The number of ether oxygens (including phenoxy) is 1. The lowest BCUT2D eigenvalue weighted by Gasteiger charge is -2.14. The molecule has 0 spiro atoms. The zero-order chi connectivity index (χ0) is 16.6. The van der Waals surface area contributed by atoms with Gasteiger partial charge in [0.05, 0.1) is 16.8 Å². The zero-order valence-corrected chi connectivity index (χ0v) is 13.6. The predicted molar refractivity (Wildman–Crippen MR) is 87.3 cm³/mol. The molecule has 1 saturated carbocycles. The van der Waals surface area contributed by atoms with Crippen LogP contribution >= 0.6 is 0 Å². The van der Waals surface area contributed by atoms with Crippen LogP contribution in [0.25, 0.3) is 10.9 Å². The molecule has 23 heavy (non-hydrogen) atoms. The molecule has 1 atom stereocenters. The number of carbonyl (C=O) groups is 2. The molecule has 1 heterocycles. The quantitative estimate of drug-likeness (QED) is 0.881. The Kier molecular flexibility index (Phi) is 4.03. The van der Waals surface area contributed by atoms with E-state index in [1.807, 2.05) is 25.1 Å². The minimum Gasteiger partial charge on any atom is -0.449 e. The third-order valence-electron chi connectivity index (χ3n) is 3.96. The fourth-order valence-electron chi connectivity index (χ4n) is 2.42. The number of fused-ring (bicyclic) bond motifs is 1. The van der Waals surface area contributed by atoms with E-state index in [1.165, 1.54) is 0 Å². The fourth-order valence-corrected chi connectivity index (χ4v) is 2.42. The SMILES string of the molecule is Cc1ccc2nc(C)c(C(=O)O[C@@H](C)C(=O)NC3CC3)cc2c1. The molecule has 1 aliphatic carbocycles. The third-order valence-corrected chi connectivity index (χ3v) is 3.96. The summed E-state index contributed by atoms with van der Waals surface area (Å²) in [5, 5.41) is 3.72. The maximum absolute atomic E-state index is 12.4. The van der Waals surface area contributed by atoms with E-state index in [-0.39, 0.29) is 11.9 Å². The van der Waals surface area contributed by atoms with Crippen molar-refractivity contribution in [1.29, 1.82) is 0 Å². The molecule has 0 radical (unpaired) electrons. The van der Waals surface area contributed by atoms with Gasteiger partial charge >= 0.3 is 5.97 Å². The first-order valence-electron chi connectivity index (χ1n) is 7.83. The van der Waals surface area contributed by atoms with Crippen molar-refractivity contribution in [2.45, 2.75) is 45.8 Å². The number of nitrogens with zero attached hydrogens (tertiary/aromatic N) is 1. The molecule has 0 unspecified atom stereocenters. The number of rotatable bonds is 4. The summed E-state index contributed by atoms with van der Waals surface area (Å²) in [5.74, 6) is -0.764. The second kappa shape index (κ2) is 5.99. The molecular formula is C18H20N2O3. The van der Waals surface area contributed by atoms with Gasteiger partial charge < -0.3 is 10.1 Å². The Morgan fingerprint density at radius 1 is 1.26 bits per heavy atom. The Balaban J connectivity index is 1.79. The molecule has 1 fully saturated rings. The van der Waals surface area contributed by atoms with Crippen LogP contribution in [0.15, 0.2) is 24.3 Å². The largest absolute Gasteiger partial charge is 0.449 e. The maximum Gasteiger partial charge on any atom is 0.340 e. The van der Waals surface area contributed by atoms with Gasteiger partial charge in [0.2, 0.25) is 0 Å². The van der Waals surface area contributed by atoms with E-state index in [9.17, 15) is 9.59 Å². The standard InChI is InChI=1S/C18H20N2O3/c1-10-4-7-16-13(8-10)9-15(11(2)19-16)18(22)23-12(3)17(21)20-14-5-6-14/h4,7-9,12,14H,5-6H2,1-3H3,(H,20,21)/t12-/m0/s1. The van der Waals surface area contributed by atoms with Gasteiger partial charge in [-0.2, -0.15) is 0 Å². The molecule has 120 valence electrons. The van der Waals surface area contributed by atoms with E-state index < -0.39 is 12.1 Å². The van der Waals surface area contributed by atoms with Crippen molar-refractivity contribution >= 4 is 22.8 Å². The first-order valence-corrected chi connectivity index (χ1v) is 7.83. The molecule has 1 aromatic heterocycles. The van der Waals surface area contributed by atoms with Gasteiger partial charge in [-0.25, -0.2) is 4.79 Å². The summed E-state index contributed by atoms with van der Waals surface area (Å²) in [6.45, 7) is 5.34. The van der Waals surface area contributed by atoms with Crippen LogP contribution in [0.1, 0.15) is 41.4 Å². The molecular weight excluding hydrogens is 292 g/mol. The van der Waals surface area contributed by atoms with E-state index in [0.717, 1.165) is 29.3 Å². The number of carbonyl (C=O) groups excluding carboxylic acids is 2. The predicted octanol–water partition coefficient (Wildman–Crippen LogP) is 2.68.